The first kappa shape index (κ1) is 45.4. The predicted octanol–water partition coefficient (Wildman–Crippen LogP) is 14.0. The molecule has 0 radical (unpaired) electrons. The quantitative estimate of drug-likeness (QED) is 0.100. The topological polar surface area (TPSA) is 58.2 Å². The SMILES string of the molecule is CCC(=O)N[B](NC(=O)CC)[Zr]([Cl])([Cl])([CH]1C(c2ccccc2)=Cc2c(-c3ccccc3C(F)(F)F)cccc21)[CH]1C(c2ccccc2)=Cc2c(-c3ccccc3C(F)(F)F)cccc21. The van der Waals surface area contributed by atoms with E-state index in [1.807, 2.05) is 60.7 Å². The Morgan fingerprint density at radius 1 is 0.516 bits per heavy atom. The average Bonchev–Trinajstić information content (AvgIpc) is 3.90. The van der Waals surface area contributed by atoms with Crippen LogP contribution in [0, 0.1) is 0 Å². The molecule has 0 aromatic heterocycles. The van der Waals surface area contributed by atoms with Crippen molar-refractivity contribution in [2.75, 3.05) is 0 Å². The molecule has 2 atom stereocenters. The summed E-state index contributed by atoms with van der Waals surface area (Å²) in [4.78, 5) is 27.7. The number of hydrogen-bond acceptors (Lipinski definition) is 2. The molecule has 4 nitrogen and oxygen atoms in total. The van der Waals surface area contributed by atoms with Crippen molar-refractivity contribution in [2.45, 2.75) is 46.3 Å². The summed E-state index contributed by atoms with van der Waals surface area (Å²) in [5.41, 5.74) is 2.83. The minimum atomic E-state index is -6.83. The van der Waals surface area contributed by atoms with Crippen molar-refractivity contribution in [1.29, 1.82) is 0 Å². The zero-order valence-corrected chi connectivity index (χ0v) is 38.5. The maximum absolute atomic E-state index is 14.8. The van der Waals surface area contributed by atoms with Crippen LogP contribution in [0.4, 0.5) is 26.3 Å². The van der Waals surface area contributed by atoms with Gasteiger partial charge in [0.05, 0.1) is 0 Å². The van der Waals surface area contributed by atoms with Crippen LogP contribution in [-0.2, 0) is 38.1 Å². The molecule has 0 bridgehead atoms. The van der Waals surface area contributed by atoms with E-state index in [1.165, 1.54) is 36.4 Å². The van der Waals surface area contributed by atoms with E-state index in [9.17, 15) is 35.9 Å². The summed E-state index contributed by atoms with van der Waals surface area (Å²) in [6, 6.07) is 38.8. The second-order valence-corrected chi connectivity index (χ2v) is 37.4. The first-order valence-electron chi connectivity index (χ1n) is 20.8. The fraction of sp³-hybridized carbons (Fsp3) is 0.160. The van der Waals surface area contributed by atoms with Crippen molar-refractivity contribution in [2.24, 2.45) is 0 Å². The van der Waals surface area contributed by atoms with Gasteiger partial charge in [-0.05, 0) is 0 Å². The summed E-state index contributed by atoms with van der Waals surface area (Å²) in [6.45, 7) is 3.27. The van der Waals surface area contributed by atoms with E-state index in [4.69, 9.17) is 17.0 Å². The van der Waals surface area contributed by atoms with E-state index < -0.39 is 63.2 Å². The van der Waals surface area contributed by atoms with Crippen molar-refractivity contribution in [3.8, 4) is 22.3 Å². The average molecular weight is 988 g/mol. The fourth-order valence-electron chi connectivity index (χ4n) is 9.49. The number of nitrogens with one attached hydrogen (secondary N) is 2. The Bertz CT molecular complexity index is 2660. The number of rotatable bonds is 11. The van der Waals surface area contributed by atoms with E-state index in [2.05, 4.69) is 10.5 Å². The molecule has 2 N–H and O–H groups in total. The van der Waals surface area contributed by atoms with Crippen LogP contribution < -0.4 is 10.5 Å². The van der Waals surface area contributed by atoms with E-state index in [-0.39, 0.29) is 35.1 Å². The van der Waals surface area contributed by atoms with Gasteiger partial charge < -0.3 is 0 Å². The van der Waals surface area contributed by atoms with Gasteiger partial charge in [-0.2, -0.15) is 0 Å². The predicted molar refractivity (Wildman–Crippen MR) is 242 cm³/mol. The molecule has 0 saturated heterocycles. The second kappa shape index (κ2) is 17.3. The molecule has 2 aliphatic rings. The number of carbonyl (C=O) groups excluding carboxylic acids is 2. The Kier molecular flexibility index (Phi) is 12.3. The molecule has 2 unspecified atom stereocenters. The first-order valence-corrected chi connectivity index (χ1v) is 31.3. The summed E-state index contributed by atoms with van der Waals surface area (Å²) in [6.07, 6.45) is -5.88. The summed E-state index contributed by atoms with van der Waals surface area (Å²) >= 11 is -6.83. The van der Waals surface area contributed by atoms with Crippen LogP contribution in [0.3, 0.4) is 0 Å². The van der Waals surface area contributed by atoms with Crippen LogP contribution in [0.2, 0.25) is 0 Å². The van der Waals surface area contributed by atoms with Gasteiger partial charge in [-0.3, -0.25) is 0 Å². The van der Waals surface area contributed by atoms with Crippen LogP contribution in [0.1, 0.15) is 78.4 Å². The number of alkyl halides is 6. The number of allylic oxidation sites excluding steroid dienone is 2. The molecule has 8 rings (SSSR count). The van der Waals surface area contributed by atoms with Crippen LogP contribution in [0.25, 0.3) is 45.6 Å². The number of benzene rings is 6. The van der Waals surface area contributed by atoms with Gasteiger partial charge in [-0.15, -0.1) is 0 Å². The Labute approximate surface area is 375 Å². The van der Waals surface area contributed by atoms with Crippen molar-refractivity contribution >= 4 is 56.7 Å². The molecule has 2 amide bonds. The van der Waals surface area contributed by atoms with Crippen LogP contribution in [-0.4, -0.2) is 16.3 Å². The van der Waals surface area contributed by atoms with Crippen molar-refractivity contribution < 1.29 is 52.1 Å². The monoisotopic (exact) mass is 985 g/mol. The molecule has 0 fully saturated rings. The van der Waals surface area contributed by atoms with Gasteiger partial charge in [0.15, 0.2) is 0 Å². The van der Waals surface area contributed by atoms with Crippen molar-refractivity contribution in [3.05, 3.63) is 190 Å². The number of hydrogen-bond donors (Lipinski definition) is 2. The third-order valence-corrected chi connectivity index (χ3v) is 31.9. The summed E-state index contributed by atoms with van der Waals surface area (Å²) in [7, 11) is 17.7. The first-order chi connectivity index (χ1) is 30.5. The number of carbonyl (C=O) groups is 2. The number of amides is 2. The van der Waals surface area contributed by atoms with Gasteiger partial charge in [0.2, 0.25) is 0 Å². The van der Waals surface area contributed by atoms with Crippen LogP contribution in [0.5, 0.6) is 0 Å². The fourth-order valence-corrected chi connectivity index (χ4v) is 29.3. The van der Waals surface area contributed by atoms with Gasteiger partial charge in [-0.25, -0.2) is 0 Å². The molecular formula is C50H40BCl2F6N2O2Zr. The van der Waals surface area contributed by atoms with Crippen molar-refractivity contribution in [1.82, 2.24) is 10.5 Å². The number of fused-ring (bicyclic) bond motifs is 2. The van der Waals surface area contributed by atoms with Gasteiger partial charge in [0.1, 0.15) is 0 Å². The molecule has 2 aliphatic carbocycles. The summed E-state index contributed by atoms with van der Waals surface area (Å²) in [5, 5.41) is 6.06. The molecule has 0 saturated carbocycles. The van der Waals surface area contributed by atoms with Gasteiger partial charge >= 0.3 is 378 Å². The van der Waals surface area contributed by atoms with E-state index in [1.54, 1.807) is 62.4 Å². The minimum absolute atomic E-state index is 0.0282. The van der Waals surface area contributed by atoms with Gasteiger partial charge in [-0.1, -0.05) is 0 Å². The summed E-state index contributed by atoms with van der Waals surface area (Å²) in [5.74, 6) is -0.980. The third-order valence-electron chi connectivity index (χ3n) is 12.3. The second-order valence-electron chi connectivity index (χ2n) is 16.0. The molecule has 6 aromatic carbocycles. The molecule has 325 valence electrons. The van der Waals surface area contributed by atoms with Gasteiger partial charge in [0, 0.05) is 0 Å². The third kappa shape index (κ3) is 8.00. The Morgan fingerprint density at radius 3 is 1.22 bits per heavy atom. The normalized spacial score (nSPS) is 16.4. The zero-order valence-electron chi connectivity index (χ0n) is 34.5. The molecular weight excluding hydrogens is 947 g/mol. The molecule has 0 aliphatic heterocycles. The Morgan fingerprint density at radius 2 is 0.859 bits per heavy atom. The van der Waals surface area contributed by atoms with E-state index in [0.29, 0.717) is 44.5 Å². The molecule has 0 spiro atoms. The van der Waals surface area contributed by atoms with E-state index >= 15 is 0 Å². The van der Waals surface area contributed by atoms with E-state index in [0.717, 1.165) is 12.1 Å². The van der Waals surface area contributed by atoms with Gasteiger partial charge in [0.25, 0.3) is 0 Å². The van der Waals surface area contributed by atoms with Crippen LogP contribution >= 0.6 is 17.0 Å². The maximum atomic E-state index is 14.8. The molecule has 14 heteroatoms. The van der Waals surface area contributed by atoms with Crippen LogP contribution in [0.15, 0.2) is 146 Å². The standard InChI is InChI=1S/2C22H14F3.C6H11BN2O2.2ClH.Zr/c2*23-22(24,25)21-12-5-4-10-19(21)18-11-6-9-16-13-17(14-20(16)18)15-7-2-1-3-8-15;1-3-5(10)8-7-9-6(11)4-2;;;/h2*1-14H;3-4H2,1-2H3,(H-,8,9,10,11);2*1H;/q;;;;;+1/p-1. The Hall–Kier alpha value is -5.15. The number of halogens is 8. The Balaban J connectivity index is 1.52. The molecule has 64 heavy (non-hydrogen) atoms. The molecule has 6 aromatic rings. The summed E-state index contributed by atoms with van der Waals surface area (Å²) < 4.78 is 85.1. The zero-order chi connectivity index (χ0) is 45.6. The molecule has 0 heterocycles. The van der Waals surface area contributed by atoms with Crippen molar-refractivity contribution in [3.63, 3.8) is 0 Å².